The summed E-state index contributed by atoms with van der Waals surface area (Å²) >= 11 is 0. The first-order valence-electron chi connectivity index (χ1n) is 5.73. The summed E-state index contributed by atoms with van der Waals surface area (Å²) in [4.78, 5) is 26.8. The van der Waals surface area contributed by atoms with Crippen LogP contribution in [-0.4, -0.2) is 36.0 Å². The molecule has 0 amide bonds. The molecule has 8 nitrogen and oxygen atoms in total. The highest BCUT2D eigenvalue weighted by Crippen LogP contribution is 2.06. The van der Waals surface area contributed by atoms with Crippen LogP contribution in [0.15, 0.2) is 35.4 Å². The molecule has 2 heterocycles. The van der Waals surface area contributed by atoms with Crippen molar-refractivity contribution in [1.29, 1.82) is 0 Å². The molecule has 3 aromatic rings. The maximum absolute atomic E-state index is 12.1. The number of benzene rings is 1. The van der Waals surface area contributed by atoms with E-state index in [1.165, 1.54) is 23.0 Å². The number of aromatic nitrogens is 5. The zero-order chi connectivity index (χ0) is 14.1. The molecule has 2 N–H and O–H groups in total. The molecule has 3 rings (SSSR count). The Balaban J connectivity index is 1.94. The van der Waals surface area contributed by atoms with Gasteiger partial charge in [0, 0.05) is 0 Å². The lowest BCUT2D eigenvalue weighted by Gasteiger charge is -2.05. The molecule has 0 unspecified atom stereocenters. The Kier molecular flexibility index (Phi) is 2.75. The van der Waals surface area contributed by atoms with Crippen molar-refractivity contribution in [2.75, 3.05) is 0 Å². The van der Waals surface area contributed by atoms with Gasteiger partial charge in [-0.1, -0.05) is 12.1 Å². The highest BCUT2D eigenvalue weighted by atomic mass is 16.4. The van der Waals surface area contributed by atoms with E-state index in [-0.39, 0.29) is 28.8 Å². The molecule has 8 heteroatoms. The van der Waals surface area contributed by atoms with Gasteiger partial charge in [0.05, 0.1) is 12.1 Å². The Bertz CT molecular complexity index is 834. The van der Waals surface area contributed by atoms with Crippen molar-refractivity contribution in [3.05, 3.63) is 52.1 Å². The van der Waals surface area contributed by atoms with Gasteiger partial charge in [0.25, 0.3) is 5.56 Å². The quantitative estimate of drug-likeness (QED) is 0.706. The van der Waals surface area contributed by atoms with Gasteiger partial charge in [0.15, 0.2) is 5.52 Å². The van der Waals surface area contributed by atoms with Crippen LogP contribution in [0.3, 0.4) is 0 Å². The molecule has 2 aromatic heterocycles. The van der Waals surface area contributed by atoms with Crippen LogP contribution >= 0.6 is 0 Å². The molecule has 0 bridgehead atoms. The number of carboxylic acids is 1. The van der Waals surface area contributed by atoms with Crippen molar-refractivity contribution < 1.29 is 9.90 Å². The van der Waals surface area contributed by atoms with Gasteiger partial charge in [-0.15, -0.1) is 10.2 Å². The summed E-state index contributed by atoms with van der Waals surface area (Å²) in [5.41, 5.74) is 1.14. The number of fused-ring (bicyclic) bond motifs is 1. The Morgan fingerprint density at radius 3 is 2.70 bits per heavy atom. The summed E-state index contributed by atoms with van der Waals surface area (Å²) in [5, 5.41) is 18.6. The van der Waals surface area contributed by atoms with Crippen LogP contribution < -0.4 is 5.56 Å². The Labute approximate surface area is 111 Å². The first kappa shape index (κ1) is 12.0. The van der Waals surface area contributed by atoms with E-state index >= 15 is 0 Å². The number of aromatic amines is 1. The minimum Gasteiger partial charge on any atom is -0.478 e. The lowest BCUT2D eigenvalue weighted by atomic mass is 10.1. The van der Waals surface area contributed by atoms with Crippen molar-refractivity contribution in [3.8, 4) is 0 Å². The molecule has 0 aliphatic heterocycles. The number of nitrogens with one attached hydrogen (secondary N) is 1. The first-order chi connectivity index (χ1) is 9.65. The smallest absolute Gasteiger partial charge is 0.335 e. The zero-order valence-electron chi connectivity index (χ0n) is 10.1. The first-order valence-corrected chi connectivity index (χ1v) is 5.73. The monoisotopic (exact) mass is 271 g/mol. The van der Waals surface area contributed by atoms with Crippen LogP contribution in [0.4, 0.5) is 0 Å². The summed E-state index contributed by atoms with van der Waals surface area (Å²) in [5.74, 6) is -0.987. The number of hydrogen-bond donors (Lipinski definition) is 2. The normalized spacial score (nSPS) is 10.8. The fourth-order valence-electron chi connectivity index (χ4n) is 1.83. The topological polar surface area (TPSA) is 114 Å². The predicted molar refractivity (Wildman–Crippen MR) is 68.4 cm³/mol. The molecule has 20 heavy (non-hydrogen) atoms. The molecule has 0 fully saturated rings. The minimum atomic E-state index is -0.987. The third-order valence-electron chi connectivity index (χ3n) is 2.87. The number of carboxylic acid groups (broad SMARTS) is 1. The van der Waals surface area contributed by atoms with Gasteiger partial charge in [-0.25, -0.2) is 9.78 Å². The molecule has 0 spiro atoms. The van der Waals surface area contributed by atoms with E-state index in [1.807, 2.05) is 0 Å². The third-order valence-corrected chi connectivity index (χ3v) is 2.87. The molecule has 0 radical (unpaired) electrons. The Hall–Kier alpha value is -3.03. The summed E-state index contributed by atoms with van der Waals surface area (Å²) in [6.07, 6.45) is 1.39. The fourth-order valence-corrected chi connectivity index (χ4v) is 1.83. The van der Waals surface area contributed by atoms with Crippen LogP contribution in [0.2, 0.25) is 0 Å². The average molecular weight is 271 g/mol. The molecule has 0 saturated carbocycles. The number of hydrogen-bond acceptors (Lipinski definition) is 5. The van der Waals surface area contributed by atoms with Crippen molar-refractivity contribution in [2.24, 2.45) is 0 Å². The third kappa shape index (κ3) is 2.03. The standard InChI is InChI=1S/C12H9N5O3/c18-11-9-10(15-16-14-9)13-6-17(11)5-7-1-3-8(4-2-7)12(19)20/h1-4,6H,5H2,(H,19,20)(H,14,15,16). The average Bonchev–Trinajstić information content (AvgIpc) is 2.92. The molecule has 100 valence electrons. The summed E-state index contributed by atoms with van der Waals surface area (Å²) in [7, 11) is 0. The second-order valence-corrected chi connectivity index (χ2v) is 4.18. The van der Waals surface area contributed by atoms with Crippen molar-refractivity contribution in [2.45, 2.75) is 6.54 Å². The van der Waals surface area contributed by atoms with Crippen LogP contribution in [-0.2, 0) is 6.54 Å². The molecule has 0 aliphatic rings. The van der Waals surface area contributed by atoms with Gasteiger partial charge in [0.1, 0.15) is 6.33 Å². The van der Waals surface area contributed by atoms with Crippen molar-refractivity contribution in [3.63, 3.8) is 0 Å². The molecular weight excluding hydrogens is 262 g/mol. The molecule has 1 aromatic carbocycles. The lowest BCUT2D eigenvalue weighted by molar-refractivity contribution is 0.0697. The van der Waals surface area contributed by atoms with Crippen molar-refractivity contribution >= 4 is 17.1 Å². The van der Waals surface area contributed by atoms with Gasteiger partial charge < -0.3 is 5.11 Å². The van der Waals surface area contributed by atoms with E-state index in [9.17, 15) is 9.59 Å². The highest BCUT2D eigenvalue weighted by Gasteiger charge is 2.08. The lowest BCUT2D eigenvalue weighted by Crippen LogP contribution is -2.21. The maximum Gasteiger partial charge on any atom is 0.335 e. The summed E-state index contributed by atoms with van der Waals surface area (Å²) in [6, 6.07) is 6.29. The van der Waals surface area contributed by atoms with E-state index in [4.69, 9.17) is 5.11 Å². The largest absolute Gasteiger partial charge is 0.478 e. The van der Waals surface area contributed by atoms with Gasteiger partial charge in [-0.05, 0) is 17.7 Å². The molecular formula is C12H9N5O3. The molecule has 0 aliphatic carbocycles. The minimum absolute atomic E-state index is 0.176. The van der Waals surface area contributed by atoms with E-state index in [0.29, 0.717) is 0 Å². The molecule has 0 atom stereocenters. The summed E-state index contributed by atoms with van der Waals surface area (Å²) in [6.45, 7) is 0.286. The Morgan fingerprint density at radius 2 is 2.00 bits per heavy atom. The summed E-state index contributed by atoms with van der Waals surface area (Å²) < 4.78 is 1.39. The van der Waals surface area contributed by atoms with Gasteiger partial charge in [0.2, 0.25) is 5.65 Å². The van der Waals surface area contributed by atoms with E-state index in [1.54, 1.807) is 12.1 Å². The highest BCUT2D eigenvalue weighted by molar-refractivity contribution is 5.87. The number of aromatic carboxylic acids is 1. The fraction of sp³-hybridized carbons (Fsp3) is 0.0833. The predicted octanol–water partition coefficient (Wildman–Crippen LogP) is 0.261. The number of carbonyl (C=O) groups is 1. The maximum atomic E-state index is 12.1. The number of H-pyrrole nitrogens is 1. The van der Waals surface area contributed by atoms with Gasteiger partial charge >= 0.3 is 5.97 Å². The SMILES string of the molecule is O=C(O)c1ccc(Cn2cnc3n[nH]nc3c2=O)cc1. The second-order valence-electron chi connectivity index (χ2n) is 4.18. The van der Waals surface area contributed by atoms with Crippen LogP contribution in [0.1, 0.15) is 15.9 Å². The van der Waals surface area contributed by atoms with Crippen LogP contribution in [0.5, 0.6) is 0 Å². The Morgan fingerprint density at radius 1 is 1.25 bits per heavy atom. The molecule has 0 saturated heterocycles. The number of rotatable bonds is 3. The van der Waals surface area contributed by atoms with Crippen molar-refractivity contribution in [1.82, 2.24) is 25.0 Å². The number of nitrogens with zero attached hydrogens (tertiary/aromatic N) is 4. The zero-order valence-corrected chi connectivity index (χ0v) is 10.1. The second kappa shape index (κ2) is 4.57. The van der Waals surface area contributed by atoms with Gasteiger partial charge in [-0.2, -0.15) is 5.21 Å². The van der Waals surface area contributed by atoms with Crippen LogP contribution in [0.25, 0.3) is 11.2 Å². The van der Waals surface area contributed by atoms with E-state index in [0.717, 1.165) is 5.56 Å². The van der Waals surface area contributed by atoms with E-state index < -0.39 is 5.97 Å². The van der Waals surface area contributed by atoms with Gasteiger partial charge in [-0.3, -0.25) is 9.36 Å². The van der Waals surface area contributed by atoms with E-state index in [2.05, 4.69) is 20.4 Å². The van der Waals surface area contributed by atoms with Crippen LogP contribution in [0, 0.1) is 0 Å².